The number of allylic oxidation sites excluding steroid dienone is 6. The maximum atomic E-state index is 2.38. The molecule has 0 saturated heterocycles. The number of hydrogen-bond donors (Lipinski definition) is 0. The molecule has 2 atom stereocenters. The van der Waals surface area contributed by atoms with Crippen molar-refractivity contribution in [3.05, 3.63) is 36.5 Å². The van der Waals surface area contributed by atoms with E-state index in [-0.39, 0.29) is 0 Å². The fourth-order valence-electron chi connectivity index (χ4n) is 2.26. The average Bonchev–Trinajstić information content (AvgIpc) is 2.85. The zero-order chi connectivity index (χ0) is 8.93. The lowest BCUT2D eigenvalue weighted by Gasteiger charge is -1.96. The summed E-state index contributed by atoms with van der Waals surface area (Å²) >= 11 is 0. The van der Waals surface area contributed by atoms with E-state index >= 15 is 0 Å². The molecule has 0 radical (unpaired) electrons. The van der Waals surface area contributed by atoms with E-state index in [0.717, 1.165) is 11.8 Å². The molecule has 1 saturated carbocycles. The van der Waals surface area contributed by atoms with Gasteiger partial charge in [0.05, 0.1) is 0 Å². The summed E-state index contributed by atoms with van der Waals surface area (Å²) in [6, 6.07) is 0. The molecule has 0 spiro atoms. The van der Waals surface area contributed by atoms with Crippen molar-refractivity contribution in [3.63, 3.8) is 0 Å². The van der Waals surface area contributed by atoms with Crippen LogP contribution in [0.1, 0.15) is 32.1 Å². The van der Waals surface area contributed by atoms with E-state index in [1.807, 2.05) is 0 Å². The molecule has 0 aromatic heterocycles. The Morgan fingerprint density at radius 1 is 0.769 bits per heavy atom. The second kappa shape index (κ2) is 4.45. The van der Waals surface area contributed by atoms with Crippen molar-refractivity contribution in [3.8, 4) is 0 Å². The first-order chi connectivity index (χ1) is 6.45. The molecular weight excluding hydrogens is 156 g/mol. The summed E-state index contributed by atoms with van der Waals surface area (Å²) in [5, 5.41) is 0. The van der Waals surface area contributed by atoms with Gasteiger partial charge >= 0.3 is 0 Å². The normalized spacial score (nSPS) is 33.2. The van der Waals surface area contributed by atoms with Crippen molar-refractivity contribution in [2.45, 2.75) is 32.1 Å². The molecule has 0 heterocycles. The van der Waals surface area contributed by atoms with Gasteiger partial charge in [-0.05, 0) is 43.9 Å². The van der Waals surface area contributed by atoms with E-state index in [1.165, 1.54) is 32.1 Å². The first-order valence-corrected chi connectivity index (χ1v) is 5.45. The highest BCUT2D eigenvalue weighted by Crippen LogP contribution is 2.38. The van der Waals surface area contributed by atoms with Gasteiger partial charge in [0.1, 0.15) is 0 Å². The predicted octanol–water partition coefficient (Wildman–Crippen LogP) is 3.87. The second-order valence-electron chi connectivity index (χ2n) is 4.15. The van der Waals surface area contributed by atoms with Crippen LogP contribution in [0.4, 0.5) is 0 Å². The topological polar surface area (TPSA) is 0 Å². The Kier molecular flexibility index (Phi) is 3.02. The summed E-state index contributed by atoms with van der Waals surface area (Å²) in [5.41, 5.74) is 0. The molecule has 0 nitrogen and oxygen atoms in total. The molecule has 13 heavy (non-hydrogen) atoms. The number of rotatable bonds is 0. The van der Waals surface area contributed by atoms with Crippen LogP contribution in [-0.2, 0) is 0 Å². The van der Waals surface area contributed by atoms with Crippen molar-refractivity contribution >= 4 is 0 Å². The minimum absolute atomic E-state index is 0.991. The molecule has 3 aliphatic carbocycles. The Balaban J connectivity index is 0.000000102. The molecule has 2 unspecified atom stereocenters. The fraction of sp³-hybridized carbons (Fsp3) is 0.538. The molecule has 0 aliphatic heterocycles. The molecule has 0 amide bonds. The molecule has 0 aromatic carbocycles. The summed E-state index contributed by atoms with van der Waals surface area (Å²) in [6.07, 6.45) is 20.2. The summed E-state index contributed by atoms with van der Waals surface area (Å²) in [6.45, 7) is 0. The van der Waals surface area contributed by atoms with Gasteiger partial charge in [-0.15, -0.1) is 0 Å². The Labute approximate surface area is 81.0 Å². The highest BCUT2D eigenvalue weighted by Gasteiger charge is 2.25. The summed E-state index contributed by atoms with van der Waals surface area (Å²) < 4.78 is 0. The van der Waals surface area contributed by atoms with Gasteiger partial charge in [-0.25, -0.2) is 0 Å². The minimum atomic E-state index is 0.991. The quantitative estimate of drug-likeness (QED) is 0.489. The van der Waals surface area contributed by atoms with Gasteiger partial charge in [-0.1, -0.05) is 36.5 Å². The third-order valence-electron chi connectivity index (χ3n) is 3.05. The predicted molar refractivity (Wildman–Crippen MR) is 57.5 cm³/mol. The fourth-order valence-corrected chi connectivity index (χ4v) is 2.26. The summed E-state index contributed by atoms with van der Waals surface area (Å²) in [7, 11) is 0. The minimum Gasteiger partial charge on any atom is -0.0851 e. The second-order valence-corrected chi connectivity index (χ2v) is 4.15. The molecule has 1 fully saturated rings. The van der Waals surface area contributed by atoms with Crippen LogP contribution in [0.2, 0.25) is 0 Å². The maximum absolute atomic E-state index is 2.38. The third-order valence-corrected chi connectivity index (χ3v) is 3.05. The summed E-state index contributed by atoms with van der Waals surface area (Å²) in [5.74, 6) is 1.98. The van der Waals surface area contributed by atoms with Crippen LogP contribution in [0.5, 0.6) is 0 Å². The van der Waals surface area contributed by atoms with Crippen LogP contribution in [0.25, 0.3) is 0 Å². The van der Waals surface area contributed by atoms with Gasteiger partial charge in [-0.2, -0.15) is 0 Å². The maximum Gasteiger partial charge on any atom is -0.0228 e. The zero-order valence-corrected chi connectivity index (χ0v) is 8.15. The van der Waals surface area contributed by atoms with E-state index in [2.05, 4.69) is 36.5 Å². The summed E-state index contributed by atoms with van der Waals surface area (Å²) in [4.78, 5) is 0. The molecule has 0 N–H and O–H groups in total. The van der Waals surface area contributed by atoms with E-state index in [1.54, 1.807) is 0 Å². The van der Waals surface area contributed by atoms with Gasteiger partial charge in [-0.3, -0.25) is 0 Å². The highest BCUT2D eigenvalue weighted by molar-refractivity contribution is 5.07. The molecule has 3 rings (SSSR count). The van der Waals surface area contributed by atoms with Gasteiger partial charge < -0.3 is 0 Å². The van der Waals surface area contributed by atoms with Crippen LogP contribution in [0.3, 0.4) is 0 Å². The molecular formula is C13H18. The molecule has 0 heteroatoms. The van der Waals surface area contributed by atoms with Crippen LogP contribution in [-0.4, -0.2) is 0 Å². The van der Waals surface area contributed by atoms with Gasteiger partial charge in [0, 0.05) is 0 Å². The Bertz CT molecular complexity index is 208. The van der Waals surface area contributed by atoms with Crippen molar-refractivity contribution < 1.29 is 0 Å². The number of fused-ring (bicyclic) bond motifs is 2. The lowest BCUT2D eigenvalue weighted by atomic mass is 10.1. The zero-order valence-electron chi connectivity index (χ0n) is 8.15. The molecule has 3 aliphatic rings. The lowest BCUT2D eigenvalue weighted by molar-refractivity contribution is 0.691. The Hall–Kier alpha value is -0.780. The van der Waals surface area contributed by atoms with E-state index in [9.17, 15) is 0 Å². The lowest BCUT2D eigenvalue weighted by Crippen LogP contribution is -1.82. The van der Waals surface area contributed by atoms with Crippen LogP contribution in [0.15, 0.2) is 36.5 Å². The van der Waals surface area contributed by atoms with E-state index in [0.29, 0.717) is 0 Å². The smallest absolute Gasteiger partial charge is 0.0228 e. The SMILES string of the molecule is C1=CC2CCC1C2.C1=CCCC=C1. The van der Waals surface area contributed by atoms with E-state index < -0.39 is 0 Å². The first kappa shape index (κ1) is 8.80. The van der Waals surface area contributed by atoms with Gasteiger partial charge in [0.2, 0.25) is 0 Å². The van der Waals surface area contributed by atoms with Crippen LogP contribution in [0, 0.1) is 11.8 Å². The van der Waals surface area contributed by atoms with Crippen molar-refractivity contribution in [1.82, 2.24) is 0 Å². The van der Waals surface area contributed by atoms with Crippen molar-refractivity contribution in [1.29, 1.82) is 0 Å². The van der Waals surface area contributed by atoms with Crippen LogP contribution >= 0.6 is 0 Å². The first-order valence-electron chi connectivity index (χ1n) is 5.45. The van der Waals surface area contributed by atoms with Crippen molar-refractivity contribution in [2.75, 3.05) is 0 Å². The van der Waals surface area contributed by atoms with Crippen LogP contribution < -0.4 is 0 Å². The largest absolute Gasteiger partial charge is 0.0851 e. The standard InChI is InChI=1S/C7H10.C6H8/c1-2-7-4-3-6(1)5-7;1-2-4-6-5-3-1/h1-2,6-7H,3-5H2;1-4H,5-6H2. The van der Waals surface area contributed by atoms with Crippen molar-refractivity contribution in [2.24, 2.45) is 11.8 Å². The van der Waals surface area contributed by atoms with Gasteiger partial charge in [0.15, 0.2) is 0 Å². The molecule has 0 aromatic rings. The molecule has 2 bridgehead atoms. The van der Waals surface area contributed by atoms with E-state index in [4.69, 9.17) is 0 Å². The van der Waals surface area contributed by atoms with Gasteiger partial charge in [0.25, 0.3) is 0 Å². The Morgan fingerprint density at radius 3 is 1.46 bits per heavy atom. The Morgan fingerprint density at radius 2 is 1.31 bits per heavy atom. The number of hydrogen-bond acceptors (Lipinski definition) is 0. The third kappa shape index (κ3) is 2.58. The molecule has 70 valence electrons. The average molecular weight is 174 g/mol. The highest BCUT2D eigenvalue weighted by atomic mass is 14.3. The monoisotopic (exact) mass is 174 g/mol.